The van der Waals surface area contributed by atoms with Crippen LogP contribution in [0.5, 0.6) is 0 Å². The Morgan fingerprint density at radius 3 is 2.32 bits per heavy atom. The molecule has 1 fully saturated rings. The normalized spacial score (nSPS) is 21.2. The highest BCUT2D eigenvalue weighted by Crippen LogP contribution is 2.37. The molecule has 1 aromatic rings. The van der Waals surface area contributed by atoms with Crippen molar-refractivity contribution in [3.63, 3.8) is 0 Å². The highest BCUT2D eigenvalue weighted by atomic mass is 16.7. The number of pyridine rings is 1. The summed E-state index contributed by atoms with van der Waals surface area (Å²) in [6, 6.07) is 1.85. The number of nitrogens with two attached hydrogens (primary N) is 1. The van der Waals surface area contributed by atoms with Crippen molar-refractivity contribution in [1.29, 1.82) is 0 Å². The molecule has 0 spiro atoms. The number of rotatable bonds is 2. The van der Waals surface area contributed by atoms with Crippen LogP contribution in [0, 0.1) is 6.92 Å². The monoisotopic (exact) mass is 260 g/mol. The van der Waals surface area contributed by atoms with Gasteiger partial charge >= 0.3 is 7.12 Å². The molecule has 102 valence electrons. The van der Waals surface area contributed by atoms with E-state index in [-0.39, 0.29) is 18.3 Å². The predicted molar refractivity (Wildman–Crippen MR) is 78.5 cm³/mol. The van der Waals surface area contributed by atoms with Crippen molar-refractivity contribution in [2.75, 3.05) is 5.73 Å². The number of hydrogen-bond donors (Lipinski definition) is 1. The predicted octanol–water partition coefficient (Wildman–Crippen LogP) is 2.62. The number of anilines is 1. The van der Waals surface area contributed by atoms with Crippen molar-refractivity contribution in [2.24, 2.45) is 0 Å². The second-order valence-electron chi connectivity index (χ2n) is 5.95. The molecule has 1 aromatic heterocycles. The van der Waals surface area contributed by atoms with Crippen LogP contribution in [0.15, 0.2) is 18.2 Å². The van der Waals surface area contributed by atoms with E-state index in [1.54, 1.807) is 6.20 Å². The SMILES string of the molecule is Cc1cc(N)ncc1/C=C/B1OC(C)(C)C(C)(C)O1. The largest absolute Gasteiger partial charge is 0.487 e. The maximum Gasteiger partial charge on any atom is 0.487 e. The molecular weight excluding hydrogens is 239 g/mol. The quantitative estimate of drug-likeness (QED) is 0.830. The lowest BCUT2D eigenvalue weighted by atomic mass is 9.89. The van der Waals surface area contributed by atoms with Gasteiger partial charge in [0.1, 0.15) is 5.82 Å². The van der Waals surface area contributed by atoms with Gasteiger partial charge in [-0.2, -0.15) is 0 Å². The van der Waals surface area contributed by atoms with Crippen molar-refractivity contribution in [1.82, 2.24) is 4.98 Å². The first kappa shape index (κ1) is 14.1. The van der Waals surface area contributed by atoms with Crippen LogP contribution in [-0.2, 0) is 9.31 Å². The summed E-state index contributed by atoms with van der Waals surface area (Å²) in [4.78, 5) is 4.09. The van der Waals surface area contributed by atoms with E-state index in [1.807, 2.05) is 52.7 Å². The topological polar surface area (TPSA) is 57.4 Å². The van der Waals surface area contributed by atoms with Crippen LogP contribution in [0.1, 0.15) is 38.8 Å². The van der Waals surface area contributed by atoms with E-state index in [4.69, 9.17) is 15.0 Å². The van der Waals surface area contributed by atoms with Crippen LogP contribution in [0.3, 0.4) is 0 Å². The fraction of sp³-hybridized carbons (Fsp3) is 0.500. The van der Waals surface area contributed by atoms with Crippen LogP contribution < -0.4 is 5.73 Å². The third-order valence-electron chi connectivity index (χ3n) is 3.88. The lowest BCUT2D eigenvalue weighted by molar-refractivity contribution is 0.00578. The summed E-state index contributed by atoms with van der Waals surface area (Å²) in [6.45, 7) is 10.2. The van der Waals surface area contributed by atoms with E-state index in [0.717, 1.165) is 11.1 Å². The number of hydrogen-bond acceptors (Lipinski definition) is 4. The molecule has 4 nitrogen and oxygen atoms in total. The van der Waals surface area contributed by atoms with Gasteiger partial charge < -0.3 is 15.0 Å². The molecule has 2 heterocycles. The third kappa shape index (κ3) is 2.82. The Balaban J connectivity index is 2.13. The van der Waals surface area contributed by atoms with Gasteiger partial charge in [-0.25, -0.2) is 4.98 Å². The second-order valence-corrected chi connectivity index (χ2v) is 5.95. The number of nitrogens with zero attached hydrogens (tertiary/aromatic N) is 1. The number of aromatic nitrogens is 1. The first-order valence-corrected chi connectivity index (χ1v) is 6.47. The molecule has 19 heavy (non-hydrogen) atoms. The van der Waals surface area contributed by atoms with Gasteiger partial charge in [-0.05, 0) is 51.8 Å². The molecule has 0 aliphatic carbocycles. The van der Waals surface area contributed by atoms with E-state index in [1.165, 1.54) is 0 Å². The summed E-state index contributed by atoms with van der Waals surface area (Å²) in [5.74, 6) is 2.45. The number of aryl methyl sites for hydroxylation is 1. The maximum absolute atomic E-state index is 5.90. The van der Waals surface area contributed by atoms with Crippen LogP contribution in [0.4, 0.5) is 5.82 Å². The van der Waals surface area contributed by atoms with Gasteiger partial charge in [-0.3, -0.25) is 0 Å². The van der Waals surface area contributed by atoms with Crippen molar-refractivity contribution >= 4 is 19.0 Å². The minimum Gasteiger partial charge on any atom is -0.400 e. The standard InChI is InChI=1S/C14H21BN2O2/c1-10-8-12(16)17-9-11(10)6-7-15-18-13(2,3)14(4,5)19-15/h6-9H,1-5H3,(H2,16,17)/b7-6+. The van der Waals surface area contributed by atoms with Crippen molar-refractivity contribution in [2.45, 2.75) is 45.8 Å². The Hall–Kier alpha value is -1.33. The lowest BCUT2D eigenvalue weighted by Crippen LogP contribution is -2.41. The maximum atomic E-state index is 5.90. The molecule has 0 aromatic carbocycles. The molecule has 0 bridgehead atoms. The third-order valence-corrected chi connectivity index (χ3v) is 3.88. The Morgan fingerprint density at radius 2 is 1.79 bits per heavy atom. The van der Waals surface area contributed by atoms with Gasteiger partial charge in [0.15, 0.2) is 0 Å². The Kier molecular flexibility index (Phi) is 3.45. The molecule has 0 amide bonds. The van der Waals surface area contributed by atoms with Gasteiger partial charge in [0, 0.05) is 6.20 Å². The average molecular weight is 260 g/mol. The van der Waals surface area contributed by atoms with Crippen LogP contribution >= 0.6 is 0 Å². The summed E-state index contributed by atoms with van der Waals surface area (Å²) in [6.07, 6.45) is 3.72. The highest BCUT2D eigenvalue weighted by Gasteiger charge is 2.49. The Bertz CT molecular complexity index is 496. The van der Waals surface area contributed by atoms with E-state index < -0.39 is 0 Å². The van der Waals surface area contributed by atoms with E-state index in [0.29, 0.717) is 5.82 Å². The van der Waals surface area contributed by atoms with Crippen LogP contribution in [-0.4, -0.2) is 23.3 Å². The zero-order chi connectivity index (χ0) is 14.3. The first-order valence-electron chi connectivity index (χ1n) is 6.47. The molecule has 0 radical (unpaired) electrons. The Morgan fingerprint density at radius 1 is 1.21 bits per heavy atom. The Labute approximate surface area is 115 Å². The zero-order valence-electron chi connectivity index (χ0n) is 12.2. The fourth-order valence-corrected chi connectivity index (χ4v) is 1.91. The van der Waals surface area contributed by atoms with Crippen molar-refractivity contribution in [3.05, 3.63) is 29.4 Å². The van der Waals surface area contributed by atoms with Crippen molar-refractivity contribution in [3.8, 4) is 0 Å². The van der Waals surface area contributed by atoms with Gasteiger partial charge in [-0.15, -0.1) is 0 Å². The summed E-state index contributed by atoms with van der Waals surface area (Å²) in [7, 11) is -0.332. The fourth-order valence-electron chi connectivity index (χ4n) is 1.91. The summed E-state index contributed by atoms with van der Waals surface area (Å²) in [5, 5.41) is 0. The van der Waals surface area contributed by atoms with E-state index in [2.05, 4.69) is 4.98 Å². The van der Waals surface area contributed by atoms with Gasteiger partial charge in [0.05, 0.1) is 11.2 Å². The molecule has 0 unspecified atom stereocenters. The summed E-state index contributed by atoms with van der Waals surface area (Å²) < 4.78 is 11.8. The van der Waals surface area contributed by atoms with Gasteiger partial charge in [0.25, 0.3) is 0 Å². The summed E-state index contributed by atoms with van der Waals surface area (Å²) >= 11 is 0. The minimum atomic E-state index is -0.332. The molecule has 1 aliphatic heterocycles. The van der Waals surface area contributed by atoms with Crippen LogP contribution in [0.2, 0.25) is 0 Å². The molecular formula is C14H21BN2O2. The van der Waals surface area contributed by atoms with Crippen molar-refractivity contribution < 1.29 is 9.31 Å². The molecule has 2 N–H and O–H groups in total. The molecule has 2 rings (SSSR count). The minimum absolute atomic E-state index is 0.309. The number of nitrogen functional groups attached to an aromatic ring is 1. The molecule has 0 atom stereocenters. The molecule has 0 saturated carbocycles. The summed E-state index contributed by atoms with van der Waals surface area (Å²) in [5.41, 5.74) is 7.12. The van der Waals surface area contributed by atoms with Gasteiger partial charge in [0.2, 0.25) is 0 Å². The zero-order valence-corrected chi connectivity index (χ0v) is 12.2. The van der Waals surface area contributed by atoms with Crippen LogP contribution in [0.25, 0.3) is 6.08 Å². The average Bonchev–Trinajstić information content (AvgIpc) is 2.46. The molecule has 1 saturated heterocycles. The van der Waals surface area contributed by atoms with E-state index >= 15 is 0 Å². The van der Waals surface area contributed by atoms with Gasteiger partial charge in [-0.1, -0.05) is 12.1 Å². The first-order chi connectivity index (χ1) is 8.71. The smallest absolute Gasteiger partial charge is 0.400 e. The lowest BCUT2D eigenvalue weighted by Gasteiger charge is -2.32. The second kappa shape index (κ2) is 4.65. The molecule has 5 heteroatoms. The highest BCUT2D eigenvalue weighted by molar-refractivity contribution is 6.52. The molecule has 1 aliphatic rings. The van der Waals surface area contributed by atoms with E-state index in [9.17, 15) is 0 Å².